The number of rotatable bonds is 6. The van der Waals surface area contributed by atoms with Gasteiger partial charge in [0.25, 0.3) is 0 Å². The molecule has 5 nitrogen and oxygen atoms in total. The molecule has 24 heavy (non-hydrogen) atoms. The van der Waals surface area contributed by atoms with E-state index >= 15 is 0 Å². The third-order valence-electron chi connectivity index (χ3n) is 3.98. The van der Waals surface area contributed by atoms with Gasteiger partial charge in [0.1, 0.15) is 0 Å². The van der Waals surface area contributed by atoms with E-state index in [2.05, 4.69) is 15.0 Å². The van der Waals surface area contributed by atoms with E-state index < -0.39 is 0 Å². The molecular weight excluding hydrogens is 322 g/mol. The molecule has 2 aromatic heterocycles. The van der Waals surface area contributed by atoms with Gasteiger partial charge in [0.05, 0.1) is 22.5 Å². The molecule has 0 saturated heterocycles. The molecule has 0 fully saturated rings. The number of imidazole rings is 1. The summed E-state index contributed by atoms with van der Waals surface area (Å²) in [6.07, 6.45) is 0.648. The van der Waals surface area contributed by atoms with Crippen molar-refractivity contribution in [2.24, 2.45) is 0 Å². The van der Waals surface area contributed by atoms with E-state index in [0.29, 0.717) is 17.7 Å². The number of hydrogen-bond donors (Lipinski definition) is 2. The van der Waals surface area contributed by atoms with Gasteiger partial charge in [0.15, 0.2) is 16.7 Å². The number of benzene rings is 1. The zero-order valence-electron chi connectivity index (χ0n) is 13.9. The number of thioether (sulfide) groups is 1. The molecule has 0 atom stereocenters. The minimum Gasteiger partial charge on any atom is -0.355 e. The van der Waals surface area contributed by atoms with E-state index in [1.54, 1.807) is 0 Å². The van der Waals surface area contributed by atoms with Gasteiger partial charge in [-0.25, -0.2) is 4.98 Å². The molecule has 6 heteroatoms. The minimum absolute atomic E-state index is 0.00964. The van der Waals surface area contributed by atoms with Crippen molar-refractivity contribution in [1.29, 1.82) is 0 Å². The lowest BCUT2D eigenvalue weighted by Crippen LogP contribution is -2.07. The fraction of sp³-hybridized carbons (Fsp3) is 0.278. The lowest BCUT2D eigenvalue weighted by Gasteiger charge is -2.02. The highest BCUT2D eigenvalue weighted by Crippen LogP contribution is 2.24. The van der Waals surface area contributed by atoms with Gasteiger partial charge in [-0.2, -0.15) is 0 Å². The topological polar surface area (TPSA) is 78.6 Å². The minimum atomic E-state index is -0.0205. The van der Waals surface area contributed by atoms with Crippen LogP contribution in [0.25, 0.3) is 11.0 Å². The van der Waals surface area contributed by atoms with Crippen LogP contribution in [0.15, 0.2) is 29.4 Å². The van der Waals surface area contributed by atoms with Gasteiger partial charge in [-0.1, -0.05) is 30.8 Å². The number of para-hydroxylation sites is 2. The van der Waals surface area contributed by atoms with E-state index in [4.69, 9.17) is 0 Å². The summed E-state index contributed by atoms with van der Waals surface area (Å²) >= 11 is 1.37. The molecule has 0 unspecified atom stereocenters. The average Bonchev–Trinajstić information content (AvgIpc) is 3.12. The molecule has 3 aromatic rings. The summed E-state index contributed by atoms with van der Waals surface area (Å²) in [5.41, 5.74) is 4.61. The van der Waals surface area contributed by atoms with E-state index in [9.17, 15) is 9.59 Å². The molecule has 0 radical (unpaired) electrons. The maximum absolute atomic E-state index is 12.6. The van der Waals surface area contributed by atoms with Gasteiger partial charge in [0, 0.05) is 11.3 Å². The number of aromatic amines is 2. The molecule has 2 heterocycles. The zero-order chi connectivity index (χ0) is 17.3. The summed E-state index contributed by atoms with van der Waals surface area (Å²) in [6, 6.07) is 7.76. The fourth-order valence-corrected chi connectivity index (χ4v) is 3.71. The second-order valence-electron chi connectivity index (χ2n) is 5.66. The molecule has 0 bridgehead atoms. The van der Waals surface area contributed by atoms with Gasteiger partial charge in [0.2, 0.25) is 0 Å². The number of aromatic nitrogens is 3. The van der Waals surface area contributed by atoms with Crippen LogP contribution >= 0.6 is 11.8 Å². The van der Waals surface area contributed by atoms with E-state index in [0.717, 1.165) is 27.4 Å². The maximum atomic E-state index is 12.6. The molecule has 0 aliphatic rings. The van der Waals surface area contributed by atoms with E-state index in [1.165, 1.54) is 18.7 Å². The third kappa shape index (κ3) is 3.01. The van der Waals surface area contributed by atoms with Crippen molar-refractivity contribution in [1.82, 2.24) is 15.0 Å². The Labute approximate surface area is 144 Å². The normalized spacial score (nSPS) is 11.1. The van der Waals surface area contributed by atoms with Crippen molar-refractivity contribution in [2.75, 3.05) is 5.75 Å². The number of nitrogens with one attached hydrogen (secondary N) is 2. The number of nitrogens with zero attached hydrogens (tertiary/aromatic N) is 1. The lowest BCUT2D eigenvalue weighted by atomic mass is 10.0. The first-order valence-electron chi connectivity index (χ1n) is 7.84. The summed E-state index contributed by atoms with van der Waals surface area (Å²) in [4.78, 5) is 35.2. The SMILES string of the molecule is CCc1c(C(=O)CSc2nc3ccccc3[nH]2)[nH]c(C)c1C(C)=O. The highest BCUT2D eigenvalue weighted by atomic mass is 32.2. The maximum Gasteiger partial charge on any atom is 0.189 e. The summed E-state index contributed by atoms with van der Waals surface area (Å²) in [5.74, 6) is 0.238. The van der Waals surface area contributed by atoms with Crippen LogP contribution in [0.4, 0.5) is 0 Å². The first-order chi connectivity index (χ1) is 11.5. The van der Waals surface area contributed by atoms with Gasteiger partial charge >= 0.3 is 0 Å². The molecule has 0 saturated carbocycles. The monoisotopic (exact) mass is 341 g/mol. The van der Waals surface area contributed by atoms with E-state index in [1.807, 2.05) is 38.1 Å². The van der Waals surface area contributed by atoms with Crippen LogP contribution in [0, 0.1) is 6.92 Å². The third-order valence-corrected chi connectivity index (χ3v) is 4.86. The second kappa shape index (κ2) is 6.65. The number of carbonyl (C=O) groups is 2. The highest BCUT2D eigenvalue weighted by Gasteiger charge is 2.21. The summed E-state index contributed by atoms with van der Waals surface area (Å²) < 4.78 is 0. The average molecular weight is 341 g/mol. The van der Waals surface area contributed by atoms with Gasteiger partial charge in [-0.3, -0.25) is 9.59 Å². The van der Waals surface area contributed by atoms with Crippen LogP contribution in [0.3, 0.4) is 0 Å². The molecule has 0 aliphatic heterocycles. The van der Waals surface area contributed by atoms with Crippen molar-refractivity contribution in [2.45, 2.75) is 32.3 Å². The predicted molar refractivity (Wildman–Crippen MR) is 96.1 cm³/mol. The Morgan fingerprint density at radius 2 is 1.96 bits per heavy atom. The fourth-order valence-electron chi connectivity index (χ4n) is 2.95. The number of aryl methyl sites for hydroxylation is 1. The lowest BCUT2D eigenvalue weighted by molar-refractivity contribution is 0.101. The molecular formula is C18H19N3O2S. The van der Waals surface area contributed by atoms with Crippen molar-refractivity contribution < 1.29 is 9.59 Å². The summed E-state index contributed by atoms with van der Waals surface area (Å²) in [7, 11) is 0. The van der Waals surface area contributed by atoms with Crippen LogP contribution in [-0.2, 0) is 6.42 Å². The van der Waals surface area contributed by atoms with Gasteiger partial charge in [-0.05, 0) is 38.0 Å². The first kappa shape index (κ1) is 16.5. The Balaban J connectivity index is 1.80. The van der Waals surface area contributed by atoms with Crippen molar-refractivity contribution >= 4 is 34.4 Å². The van der Waals surface area contributed by atoms with Gasteiger partial charge < -0.3 is 9.97 Å². The molecule has 3 rings (SSSR count). The number of H-pyrrole nitrogens is 2. The molecule has 0 amide bonds. The Kier molecular flexibility index (Phi) is 4.57. The number of fused-ring (bicyclic) bond motifs is 1. The Hall–Kier alpha value is -2.34. The number of ketones is 2. The van der Waals surface area contributed by atoms with Crippen LogP contribution in [0.5, 0.6) is 0 Å². The molecule has 2 N–H and O–H groups in total. The highest BCUT2D eigenvalue weighted by molar-refractivity contribution is 7.99. The Morgan fingerprint density at radius 1 is 1.21 bits per heavy atom. The Bertz CT molecular complexity index is 891. The van der Waals surface area contributed by atoms with Crippen molar-refractivity contribution in [3.05, 3.63) is 46.8 Å². The largest absolute Gasteiger partial charge is 0.355 e. The van der Waals surface area contributed by atoms with Crippen molar-refractivity contribution in [3.63, 3.8) is 0 Å². The van der Waals surface area contributed by atoms with Crippen LogP contribution in [0.1, 0.15) is 46.0 Å². The van der Waals surface area contributed by atoms with E-state index in [-0.39, 0.29) is 17.3 Å². The van der Waals surface area contributed by atoms with Crippen LogP contribution in [0.2, 0.25) is 0 Å². The quantitative estimate of drug-likeness (QED) is 0.526. The predicted octanol–water partition coefficient (Wildman–Crippen LogP) is 3.94. The molecule has 1 aromatic carbocycles. The van der Waals surface area contributed by atoms with Crippen molar-refractivity contribution in [3.8, 4) is 0 Å². The molecule has 0 aliphatic carbocycles. The summed E-state index contributed by atoms with van der Waals surface area (Å²) in [5, 5.41) is 0.720. The molecule has 0 spiro atoms. The number of Topliss-reactive ketones (excluding diaryl/α,β-unsaturated/α-hetero) is 2. The standard InChI is InChI=1S/C18H19N3O2S/c1-4-12-16(11(3)22)10(2)19-17(12)15(23)9-24-18-20-13-7-5-6-8-14(13)21-18/h5-8,19H,4,9H2,1-3H3,(H,20,21). The Morgan fingerprint density at radius 3 is 2.62 bits per heavy atom. The zero-order valence-corrected chi connectivity index (χ0v) is 14.7. The number of hydrogen-bond acceptors (Lipinski definition) is 4. The van der Waals surface area contributed by atoms with Gasteiger partial charge in [-0.15, -0.1) is 0 Å². The smallest absolute Gasteiger partial charge is 0.189 e. The summed E-state index contributed by atoms with van der Waals surface area (Å²) in [6.45, 7) is 5.32. The number of carbonyl (C=O) groups excluding carboxylic acids is 2. The van der Waals surface area contributed by atoms with Crippen LogP contribution in [-0.4, -0.2) is 32.3 Å². The molecule has 124 valence electrons. The first-order valence-corrected chi connectivity index (χ1v) is 8.83. The second-order valence-corrected chi connectivity index (χ2v) is 6.62. The van der Waals surface area contributed by atoms with Crippen LogP contribution < -0.4 is 0 Å².